The van der Waals surface area contributed by atoms with Gasteiger partial charge in [0.05, 0.1) is 5.51 Å². The average Bonchev–Trinajstić information content (AvgIpc) is 2.77. The molecule has 0 bridgehead atoms. The first-order valence-electron chi connectivity index (χ1n) is 5.59. The van der Waals surface area contributed by atoms with Crippen molar-refractivity contribution in [2.45, 2.75) is 30.5 Å². The van der Waals surface area contributed by atoms with Crippen molar-refractivity contribution in [1.29, 1.82) is 0 Å². The third-order valence-electron chi connectivity index (χ3n) is 2.53. The number of carboxylic acids is 1. The molecule has 1 aromatic rings. The van der Waals surface area contributed by atoms with Crippen molar-refractivity contribution in [2.75, 3.05) is 6.61 Å². The Hall–Kier alpha value is -1.03. The van der Waals surface area contributed by atoms with E-state index in [9.17, 15) is 13.2 Å². The Kier molecular flexibility index (Phi) is 5.41. The van der Waals surface area contributed by atoms with Crippen LogP contribution in [0.25, 0.3) is 0 Å². The quantitative estimate of drug-likeness (QED) is 0.676. The van der Waals surface area contributed by atoms with Gasteiger partial charge in [0, 0.05) is 12.6 Å². The number of nitrogens with one attached hydrogen (secondary N) is 1. The van der Waals surface area contributed by atoms with Gasteiger partial charge in [0.2, 0.25) is 0 Å². The Morgan fingerprint density at radius 3 is 2.63 bits per heavy atom. The van der Waals surface area contributed by atoms with Gasteiger partial charge < -0.3 is 10.2 Å². The van der Waals surface area contributed by atoms with Crippen LogP contribution >= 0.6 is 11.3 Å². The lowest BCUT2D eigenvalue weighted by Crippen LogP contribution is -2.39. The fraction of sp³-hybridized carbons (Fsp3) is 0.600. The molecule has 1 heterocycles. The third-order valence-corrected chi connectivity index (χ3v) is 5.39. The number of carbonyl (C=O) groups is 1. The normalized spacial score (nSPS) is 13.7. The molecular weight excluding hydrogens is 292 g/mol. The first kappa shape index (κ1) is 16.0. The molecule has 0 aliphatic carbocycles. The molecule has 0 fully saturated rings. The number of sulfonamides is 1. The summed E-state index contributed by atoms with van der Waals surface area (Å²) in [7, 11) is -3.94. The highest BCUT2D eigenvalue weighted by molar-refractivity contribution is 7.91. The highest BCUT2D eigenvalue weighted by Gasteiger charge is 2.28. The molecule has 9 heteroatoms. The van der Waals surface area contributed by atoms with Crippen molar-refractivity contribution < 1.29 is 23.4 Å². The molecule has 7 nitrogen and oxygen atoms in total. The van der Waals surface area contributed by atoms with Crippen LogP contribution < -0.4 is 4.72 Å². The van der Waals surface area contributed by atoms with E-state index in [0.29, 0.717) is 0 Å². The number of hydrogen-bond acceptors (Lipinski definition) is 6. The summed E-state index contributed by atoms with van der Waals surface area (Å²) in [6.07, 6.45) is 0.262. The molecule has 1 unspecified atom stereocenters. The van der Waals surface area contributed by atoms with Crippen LogP contribution in [0.4, 0.5) is 0 Å². The molecule has 19 heavy (non-hydrogen) atoms. The minimum absolute atomic E-state index is 0.0249. The molecule has 0 amide bonds. The molecule has 0 aliphatic heterocycles. The number of nitrogens with zero attached hydrogens (tertiary/aromatic N) is 1. The Bertz CT molecular complexity index is 538. The summed E-state index contributed by atoms with van der Waals surface area (Å²) in [6.45, 7) is 3.47. The fourth-order valence-corrected chi connectivity index (χ4v) is 4.06. The van der Waals surface area contributed by atoms with Crippen LogP contribution in [0.5, 0.6) is 0 Å². The standard InChI is InChI=1S/C10H16N2O5S2/c1-6(2)7(3-4-13)12-19(16,17)10-8(9(14)15)11-5-18-10/h5-7,12-13H,3-4H2,1-2H3,(H,14,15). The number of aliphatic hydroxyl groups excluding tert-OH is 1. The molecule has 108 valence electrons. The third kappa shape index (κ3) is 3.96. The van der Waals surface area contributed by atoms with Crippen molar-refractivity contribution in [1.82, 2.24) is 9.71 Å². The number of aliphatic hydroxyl groups is 1. The van der Waals surface area contributed by atoms with Gasteiger partial charge in [-0.05, 0) is 12.3 Å². The number of aromatic nitrogens is 1. The van der Waals surface area contributed by atoms with E-state index in [-0.39, 0.29) is 23.2 Å². The molecule has 1 rings (SSSR count). The second-order valence-electron chi connectivity index (χ2n) is 4.28. The van der Waals surface area contributed by atoms with Gasteiger partial charge in [-0.15, -0.1) is 11.3 Å². The van der Waals surface area contributed by atoms with Crippen LogP contribution in [0.3, 0.4) is 0 Å². The van der Waals surface area contributed by atoms with Gasteiger partial charge in [0.25, 0.3) is 10.0 Å². The Morgan fingerprint density at radius 2 is 2.16 bits per heavy atom. The van der Waals surface area contributed by atoms with Crippen LogP contribution in [0, 0.1) is 5.92 Å². The summed E-state index contributed by atoms with van der Waals surface area (Å²) in [6, 6.07) is -0.459. The van der Waals surface area contributed by atoms with Gasteiger partial charge in [0.15, 0.2) is 9.90 Å². The fourth-order valence-electron chi connectivity index (χ4n) is 1.49. The lowest BCUT2D eigenvalue weighted by Gasteiger charge is -2.20. The SMILES string of the molecule is CC(C)C(CCO)NS(=O)(=O)c1scnc1C(=O)O. The number of aromatic carboxylic acids is 1. The zero-order chi connectivity index (χ0) is 14.6. The molecule has 1 aromatic heterocycles. The maximum Gasteiger partial charge on any atom is 0.356 e. The smallest absolute Gasteiger partial charge is 0.356 e. The molecule has 3 N–H and O–H groups in total. The Labute approximate surface area is 115 Å². The first-order valence-corrected chi connectivity index (χ1v) is 7.95. The summed E-state index contributed by atoms with van der Waals surface area (Å²) >= 11 is 0.752. The van der Waals surface area contributed by atoms with Gasteiger partial charge in [-0.3, -0.25) is 0 Å². The van der Waals surface area contributed by atoms with E-state index in [1.54, 1.807) is 0 Å². The van der Waals surface area contributed by atoms with Crippen LogP contribution in [-0.4, -0.2) is 42.2 Å². The summed E-state index contributed by atoms with van der Waals surface area (Å²) in [5.41, 5.74) is 0.693. The lowest BCUT2D eigenvalue weighted by molar-refractivity contribution is 0.0687. The van der Waals surface area contributed by atoms with Crippen molar-refractivity contribution in [3.8, 4) is 0 Å². The van der Waals surface area contributed by atoms with Crippen LogP contribution in [0.2, 0.25) is 0 Å². The summed E-state index contributed by atoms with van der Waals surface area (Å²) < 4.78 is 26.3. The molecule has 0 saturated heterocycles. The lowest BCUT2D eigenvalue weighted by atomic mass is 10.0. The maximum atomic E-state index is 12.1. The van der Waals surface area contributed by atoms with E-state index >= 15 is 0 Å². The minimum atomic E-state index is -3.94. The van der Waals surface area contributed by atoms with Crippen LogP contribution in [0.1, 0.15) is 30.8 Å². The van der Waals surface area contributed by atoms with Gasteiger partial charge in [-0.25, -0.2) is 22.9 Å². The van der Waals surface area contributed by atoms with Gasteiger partial charge in [0.1, 0.15) is 0 Å². The molecule has 0 saturated carbocycles. The second-order valence-corrected chi connectivity index (χ2v) is 7.04. The zero-order valence-electron chi connectivity index (χ0n) is 10.5. The number of carboxylic acid groups (broad SMARTS) is 1. The van der Waals surface area contributed by atoms with E-state index in [2.05, 4.69) is 9.71 Å². The number of thiazole rings is 1. The highest BCUT2D eigenvalue weighted by atomic mass is 32.2. The van der Waals surface area contributed by atoms with Crippen LogP contribution in [-0.2, 0) is 10.0 Å². The molecule has 0 spiro atoms. The molecule has 0 aromatic carbocycles. The van der Waals surface area contributed by atoms with E-state index < -0.39 is 27.7 Å². The van der Waals surface area contributed by atoms with E-state index in [4.69, 9.17) is 10.2 Å². The molecular formula is C10H16N2O5S2. The Morgan fingerprint density at radius 1 is 1.53 bits per heavy atom. The summed E-state index contributed by atoms with van der Waals surface area (Å²) in [4.78, 5) is 14.4. The molecule has 0 radical (unpaired) electrons. The zero-order valence-corrected chi connectivity index (χ0v) is 12.2. The average molecular weight is 308 g/mol. The van der Waals surface area contributed by atoms with Gasteiger partial charge in [-0.1, -0.05) is 13.8 Å². The van der Waals surface area contributed by atoms with Gasteiger partial charge in [-0.2, -0.15) is 0 Å². The van der Waals surface area contributed by atoms with Crippen molar-refractivity contribution in [3.63, 3.8) is 0 Å². The van der Waals surface area contributed by atoms with Gasteiger partial charge >= 0.3 is 5.97 Å². The number of rotatable bonds is 7. The first-order chi connectivity index (χ1) is 8.79. The predicted octanol–water partition coefficient (Wildman–Crippen LogP) is 0.527. The van der Waals surface area contributed by atoms with E-state index in [1.165, 1.54) is 5.51 Å². The van der Waals surface area contributed by atoms with Crippen molar-refractivity contribution in [3.05, 3.63) is 11.2 Å². The maximum absolute atomic E-state index is 12.1. The Balaban J connectivity index is 3.03. The predicted molar refractivity (Wildman–Crippen MR) is 69.7 cm³/mol. The molecule has 1 atom stereocenters. The highest BCUT2D eigenvalue weighted by Crippen LogP contribution is 2.21. The van der Waals surface area contributed by atoms with Crippen molar-refractivity contribution >= 4 is 27.3 Å². The van der Waals surface area contributed by atoms with Crippen molar-refractivity contribution in [2.24, 2.45) is 5.92 Å². The van der Waals surface area contributed by atoms with E-state index in [0.717, 1.165) is 11.3 Å². The summed E-state index contributed by atoms with van der Waals surface area (Å²) in [5, 5.41) is 17.8. The summed E-state index contributed by atoms with van der Waals surface area (Å²) in [5.74, 6) is -1.41. The second kappa shape index (κ2) is 6.42. The largest absolute Gasteiger partial charge is 0.476 e. The number of hydrogen-bond donors (Lipinski definition) is 3. The van der Waals surface area contributed by atoms with Crippen LogP contribution in [0.15, 0.2) is 9.72 Å². The monoisotopic (exact) mass is 308 g/mol. The molecule has 0 aliphatic rings. The van der Waals surface area contributed by atoms with E-state index in [1.807, 2.05) is 13.8 Å². The topological polar surface area (TPSA) is 117 Å². The minimum Gasteiger partial charge on any atom is -0.476 e.